The summed E-state index contributed by atoms with van der Waals surface area (Å²) >= 11 is 0. The Kier molecular flexibility index (Phi) is 23.3. The van der Waals surface area contributed by atoms with Crippen molar-refractivity contribution in [3.05, 3.63) is 6.92 Å². The maximum Gasteiger partial charge on any atom is 0.0431 e. The van der Waals surface area contributed by atoms with E-state index in [1.54, 1.807) is 0 Å². The predicted molar refractivity (Wildman–Crippen MR) is 19.7 cm³/mol. The molecule has 0 bridgehead atoms. The van der Waals surface area contributed by atoms with Crippen LogP contribution in [0.15, 0.2) is 0 Å². The molecule has 1 radical (unpaired) electrons. The van der Waals surface area contributed by atoms with Crippen molar-refractivity contribution in [2.24, 2.45) is 0 Å². The monoisotopic (exact) mass is 81.0 g/mol. The zero-order chi connectivity index (χ0) is 2.71. The highest BCUT2D eigenvalue weighted by Gasteiger charge is 1.35. The van der Waals surface area contributed by atoms with Gasteiger partial charge in [0.15, 0.2) is 0 Å². The quantitative estimate of drug-likeness (QED) is 0.443. The molecule has 1 nitrogen and oxygen atoms in total. The van der Waals surface area contributed by atoms with Crippen LogP contribution in [0.5, 0.6) is 0 Å². The average Bonchev–Trinajstić information content (AvgIpc) is 0.918. The predicted octanol–water partition coefficient (Wildman–Crippen LogP) is 0.235. The fraction of sp³-hybridized carbons (Fsp3) is 0.500. The summed E-state index contributed by atoms with van der Waals surface area (Å²) in [5.74, 6) is 0. The Morgan fingerprint density at radius 3 is 1.75 bits per heavy atom. The zero-order valence-electron chi connectivity index (χ0n) is 2.27. The van der Waals surface area contributed by atoms with Gasteiger partial charge in [0.1, 0.15) is 0 Å². The van der Waals surface area contributed by atoms with Crippen molar-refractivity contribution in [1.82, 2.24) is 0 Å². The second kappa shape index (κ2) is 10.5. The van der Waals surface area contributed by atoms with Crippen LogP contribution in [0, 0.1) is 6.92 Å². The summed E-state index contributed by atoms with van der Waals surface area (Å²) in [5, 5.41) is 7.46. The summed E-state index contributed by atoms with van der Waals surface area (Å²) in [5.41, 5.74) is 0. The Morgan fingerprint density at radius 1 is 1.75 bits per heavy atom. The van der Waals surface area contributed by atoms with E-state index in [4.69, 9.17) is 5.11 Å². The van der Waals surface area contributed by atoms with Crippen LogP contribution in [0.1, 0.15) is 0 Å². The molecule has 0 aliphatic heterocycles. The third-order valence-electron chi connectivity index (χ3n) is 0. The van der Waals surface area contributed by atoms with Gasteiger partial charge in [-0.2, -0.15) is 0 Å². The standard InChI is InChI=1S/C2H5O.ClH/c1-2-3;/h3H,1-2H2;1H. The van der Waals surface area contributed by atoms with Crippen molar-refractivity contribution in [1.29, 1.82) is 0 Å². The molecular weight excluding hydrogens is 75.5 g/mol. The molecule has 0 aliphatic rings. The lowest BCUT2D eigenvalue weighted by Gasteiger charge is -1.52. The summed E-state index contributed by atoms with van der Waals surface area (Å²) in [6.07, 6.45) is 0. The maximum absolute atomic E-state index is 7.46. The first-order chi connectivity index (χ1) is 1.41. The molecule has 0 saturated carbocycles. The smallest absolute Gasteiger partial charge is 0.0431 e. The van der Waals surface area contributed by atoms with Crippen LogP contribution in [-0.2, 0) is 0 Å². The highest BCUT2D eigenvalue weighted by atomic mass is 35.5. The SMILES string of the molecule is Cl.[CH2]CO. The number of hydrogen-bond donors (Lipinski definition) is 1. The highest BCUT2D eigenvalue weighted by Crippen LogP contribution is 1.27. The normalized spacial score (nSPS) is 4.50. The molecule has 0 spiro atoms. The van der Waals surface area contributed by atoms with Crippen LogP contribution < -0.4 is 0 Å². The van der Waals surface area contributed by atoms with E-state index in [1.165, 1.54) is 0 Å². The average molecular weight is 81.5 g/mol. The van der Waals surface area contributed by atoms with Gasteiger partial charge in [-0.05, 0) is 6.92 Å². The molecular formula is C2H6ClO. The molecule has 27 valence electrons. The third kappa shape index (κ3) is 56.3. The summed E-state index contributed by atoms with van der Waals surface area (Å²) in [6.45, 7) is 3.04. The third-order valence-corrected chi connectivity index (χ3v) is 0. The van der Waals surface area contributed by atoms with Crippen LogP contribution in [0.4, 0.5) is 0 Å². The van der Waals surface area contributed by atoms with Gasteiger partial charge in [0.2, 0.25) is 0 Å². The Morgan fingerprint density at radius 2 is 1.75 bits per heavy atom. The first-order valence-electron chi connectivity index (χ1n) is 0.816. The van der Waals surface area contributed by atoms with E-state index in [0.29, 0.717) is 0 Å². The molecule has 0 fully saturated rings. The van der Waals surface area contributed by atoms with Gasteiger partial charge < -0.3 is 5.11 Å². The maximum atomic E-state index is 7.46. The van der Waals surface area contributed by atoms with E-state index in [9.17, 15) is 0 Å². The lowest BCUT2D eigenvalue weighted by atomic mass is 10.9. The lowest BCUT2D eigenvalue weighted by molar-refractivity contribution is 0.341. The van der Waals surface area contributed by atoms with Crippen LogP contribution in [0.3, 0.4) is 0 Å². The number of aliphatic hydroxyl groups is 1. The van der Waals surface area contributed by atoms with Gasteiger partial charge in [0.25, 0.3) is 0 Å². The van der Waals surface area contributed by atoms with Gasteiger partial charge in [0.05, 0.1) is 0 Å². The fourth-order valence-electron chi connectivity index (χ4n) is 0. The minimum Gasteiger partial charge on any atom is -0.396 e. The molecule has 1 N–H and O–H groups in total. The van der Waals surface area contributed by atoms with Crippen molar-refractivity contribution in [3.8, 4) is 0 Å². The molecule has 4 heavy (non-hydrogen) atoms. The molecule has 0 aromatic heterocycles. The van der Waals surface area contributed by atoms with E-state index in [1.807, 2.05) is 0 Å². The molecule has 0 saturated heterocycles. The minimum absolute atomic E-state index is 0. The fourth-order valence-corrected chi connectivity index (χ4v) is 0. The molecule has 0 heterocycles. The topological polar surface area (TPSA) is 20.2 Å². The van der Waals surface area contributed by atoms with Gasteiger partial charge in [-0.25, -0.2) is 0 Å². The van der Waals surface area contributed by atoms with Crippen LogP contribution in [0.25, 0.3) is 0 Å². The van der Waals surface area contributed by atoms with Gasteiger partial charge in [-0.1, -0.05) is 0 Å². The van der Waals surface area contributed by atoms with Crippen molar-refractivity contribution in [3.63, 3.8) is 0 Å². The van der Waals surface area contributed by atoms with Crippen LogP contribution >= 0.6 is 12.4 Å². The van der Waals surface area contributed by atoms with Crippen LogP contribution in [-0.4, -0.2) is 11.7 Å². The Labute approximate surface area is 32.1 Å². The van der Waals surface area contributed by atoms with Gasteiger partial charge >= 0.3 is 0 Å². The molecule has 0 unspecified atom stereocenters. The summed E-state index contributed by atoms with van der Waals surface area (Å²) in [4.78, 5) is 0. The second-order valence-electron chi connectivity index (χ2n) is 0.224. The molecule has 2 heteroatoms. The molecule has 0 rings (SSSR count). The molecule has 0 amide bonds. The van der Waals surface area contributed by atoms with Gasteiger partial charge in [-0.3, -0.25) is 0 Å². The van der Waals surface area contributed by atoms with Crippen molar-refractivity contribution in [2.45, 2.75) is 0 Å². The van der Waals surface area contributed by atoms with E-state index < -0.39 is 0 Å². The second-order valence-corrected chi connectivity index (χ2v) is 0.224. The molecule has 0 aliphatic carbocycles. The molecule has 0 aromatic rings. The van der Waals surface area contributed by atoms with Crippen molar-refractivity contribution < 1.29 is 5.11 Å². The summed E-state index contributed by atoms with van der Waals surface area (Å²) < 4.78 is 0. The largest absolute Gasteiger partial charge is 0.396 e. The first kappa shape index (κ1) is 8.87. The van der Waals surface area contributed by atoms with Gasteiger partial charge in [-0.15, -0.1) is 12.4 Å². The summed E-state index contributed by atoms with van der Waals surface area (Å²) in [7, 11) is 0. The van der Waals surface area contributed by atoms with Crippen molar-refractivity contribution in [2.75, 3.05) is 6.61 Å². The van der Waals surface area contributed by atoms with Crippen molar-refractivity contribution >= 4 is 12.4 Å². The lowest BCUT2D eigenvalue weighted by Crippen LogP contribution is -1.58. The minimum atomic E-state index is 0. The number of aliphatic hydroxyl groups excluding tert-OH is 1. The first-order valence-corrected chi connectivity index (χ1v) is 0.816. The van der Waals surface area contributed by atoms with Gasteiger partial charge in [0, 0.05) is 6.61 Å². The Bertz CT molecular complexity index is 6.00. The molecule has 0 atom stereocenters. The number of rotatable bonds is 0. The number of hydrogen-bond acceptors (Lipinski definition) is 1. The Balaban J connectivity index is 0. The summed E-state index contributed by atoms with van der Waals surface area (Å²) in [6, 6.07) is 0. The van der Waals surface area contributed by atoms with E-state index in [2.05, 4.69) is 6.92 Å². The molecule has 0 aromatic carbocycles. The number of halogens is 1. The van der Waals surface area contributed by atoms with E-state index in [-0.39, 0.29) is 19.0 Å². The van der Waals surface area contributed by atoms with E-state index in [0.717, 1.165) is 0 Å². The Hall–Kier alpha value is 0.250. The zero-order valence-corrected chi connectivity index (χ0v) is 3.09. The van der Waals surface area contributed by atoms with Crippen LogP contribution in [0.2, 0.25) is 0 Å². The van der Waals surface area contributed by atoms with E-state index >= 15 is 0 Å². The highest BCUT2D eigenvalue weighted by molar-refractivity contribution is 5.85.